The van der Waals surface area contributed by atoms with E-state index >= 15 is 0 Å². The number of aliphatic carboxylic acids is 1. The van der Waals surface area contributed by atoms with Crippen molar-refractivity contribution in [1.29, 1.82) is 0 Å². The van der Waals surface area contributed by atoms with Gasteiger partial charge in [0.2, 0.25) is 0 Å². The van der Waals surface area contributed by atoms with Crippen LogP contribution >= 0.6 is 0 Å². The Bertz CT molecular complexity index is 1460. The summed E-state index contributed by atoms with van der Waals surface area (Å²) in [7, 11) is 0. The molecule has 1 saturated heterocycles. The molecule has 1 rings (SSSR count). The number of rotatable bonds is 50. The van der Waals surface area contributed by atoms with Crippen LogP contribution in [0.1, 0.15) is 265 Å². The second-order valence-corrected chi connectivity index (χ2v) is 20.3. The molecule has 0 aromatic heterocycles. The summed E-state index contributed by atoms with van der Waals surface area (Å²) in [5, 5.41) is 31.4. The number of aliphatic hydroxyl groups excluding tert-OH is 2. The Labute approximate surface area is 443 Å². The van der Waals surface area contributed by atoms with E-state index in [2.05, 4.69) is 69.4 Å². The molecular weight excluding hydrogens is 925 g/mol. The highest BCUT2D eigenvalue weighted by Crippen LogP contribution is 2.26. The zero-order valence-electron chi connectivity index (χ0n) is 46.4. The van der Waals surface area contributed by atoms with Crippen molar-refractivity contribution in [3.63, 3.8) is 0 Å². The number of aliphatic hydroxyl groups is 2. The second-order valence-electron chi connectivity index (χ2n) is 20.3. The summed E-state index contributed by atoms with van der Waals surface area (Å²) in [5.74, 6) is -3.16. The molecule has 12 nitrogen and oxygen atoms in total. The molecule has 12 heteroatoms. The molecule has 0 bridgehead atoms. The van der Waals surface area contributed by atoms with Crippen molar-refractivity contribution in [2.75, 3.05) is 13.2 Å². The fraction of sp³-hybridized carbons (Fsp3) is 0.803. The van der Waals surface area contributed by atoms with Crippen molar-refractivity contribution in [3.8, 4) is 0 Å². The Hall–Kier alpha value is -3.32. The van der Waals surface area contributed by atoms with E-state index in [0.29, 0.717) is 19.3 Å². The summed E-state index contributed by atoms with van der Waals surface area (Å²) in [4.78, 5) is 51.0. The van der Waals surface area contributed by atoms with E-state index in [-0.39, 0.29) is 25.9 Å². The summed E-state index contributed by atoms with van der Waals surface area (Å²) in [6.07, 6.45) is 46.7. The van der Waals surface area contributed by atoms with Gasteiger partial charge in [0.25, 0.3) is 0 Å². The van der Waals surface area contributed by atoms with Gasteiger partial charge in [-0.15, -0.1) is 0 Å². The zero-order chi connectivity index (χ0) is 53.3. The van der Waals surface area contributed by atoms with Crippen molar-refractivity contribution >= 4 is 23.9 Å². The van der Waals surface area contributed by atoms with E-state index in [1.807, 2.05) is 0 Å². The molecule has 0 spiro atoms. The third-order valence-corrected chi connectivity index (χ3v) is 13.4. The van der Waals surface area contributed by atoms with Gasteiger partial charge in [-0.1, -0.05) is 223 Å². The molecule has 3 N–H and O–H groups in total. The van der Waals surface area contributed by atoms with E-state index in [4.69, 9.17) is 23.7 Å². The fourth-order valence-corrected chi connectivity index (χ4v) is 8.83. The van der Waals surface area contributed by atoms with Crippen molar-refractivity contribution in [1.82, 2.24) is 0 Å². The summed E-state index contributed by atoms with van der Waals surface area (Å²) in [5.41, 5.74) is 0. The molecule has 422 valence electrons. The van der Waals surface area contributed by atoms with Crippen LogP contribution in [0.15, 0.2) is 48.6 Å². The van der Waals surface area contributed by atoms with Crippen LogP contribution < -0.4 is 0 Å². The first kappa shape index (κ1) is 67.7. The lowest BCUT2D eigenvalue weighted by atomic mass is 9.98. The standard InChI is InChI=1S/C61H106O12/c1-4-7-10-13-16-19-22-24-25-26-27-28-29-31-33-35-38-41-44-47-53(62)69-50-52(71-54(63)48-45-42-39-37-34-30-23-20-17-14-11-8-5-2)51-70-61-59(57(66)56(65)58(73-61)60(67)68)72-55(64)49-46-43-40-36-32-21-18-15-12-9-6-3/h8,11,15,17-18,20,30,34,52,56-59,61,65-66H,4-7,9-10,12-14,16,19,21-29,31-33,35-51H2,1-3H3,(H,67,68)/b11-8-,18-15-,20-17-,34-30-. The van der Waals surface area contributed by atoms with Crippen LogP contribution in [0.4, 0.5) is 0 Å². The van der Waals surface area contributed by atoms with Crippen LogP contribution in [0.3, 0.4) is 0 Å². The molecule has 1 heterocycles. The fourth-order valence-electron chi connectivity index (χ4n) is 8.83. The Morgan fingerprint density at radius 1 is 0.466 bits per heavy atom. The summed E-state index contributed by atoms with van der Waals surface area (Å²) in [6, 6.07) is 0. The van der Waals surface area contributed by atoms with E-state index < -0.39 is 67.3 Å². The van der Waals surface area contributed by atoms with Gasteiger partial charge in [0.15, 0.2) is 24.6 Å². The van der Waals surface area contributed by atoms with Crippen LogP contribution in [-0.4, -0.2) is 89.2 Å². The van der Waals surface area contributed by atoms with Crippen LogP contribution in [0.2, 0.25) is 0 Å². The van der Waals surface area contributed by atoms with Crippen LogP contribution in [-0.2, 0) is 42.9 Å². The Morgan fingerprint density at radius 3 is 1.38 bits per heavy atom. The summed E-state index contributed by atoms with van der Waals surface area (Å²) < 4.78 is 28.4. The zero-order valence-corrected chi connectivity index (χ0v) is 46.4. The maximum absolute atomic E-state index is 13.1. The normalized spacial score (nSPS) is 18.6. The topological polar surface area (TPSA) is 175 Å². The molecule has 1 aliphatic rings. The maximum Gasteiger partial charge on any atom is 0.335 e. The van der Waals surface area contributed by atoms with Gasteiger partial charge in [-0.3, -0.25) is 14.4 Å². The maximum atomic E-state index is 13.1. The number of allylic oxidation sites excluding steroid dienone is 8. The van der Waals surface area contributed by atoms with E-state index in [1.54, 1.807) is 0 Å². The predicted octanol–water partition coefficient (Wildman–Crippen LogP) is 15.0. The van der Waals surface area contributed by atoms with Gasteiger partial charge in [0, 0.05) is 19.3 Å². The average Bonchev–Trinajstić information content (AvgIpc) is 3.37. The third-order valence-electron chi connectivity index (χ3n) is 13.4. The lowest BCUT2D eigenvalue weighted by molar-refractivity contribution is -0.301. The summed E-state index contributed by atoms with van der Waals surface area (Å²) in [6.45, 7) is 5.82. The molecule has 6 atom stereocenters. The highest BCUT2D eigenvalue weighted by molar-refractivity contribution is 5.74. The lowest BCUT2D eigenvalue weighted by Crippen LogP contribution is -2.61. The van der Waals surface area contributed by atoms with E-state index in [1.165, 1.54) is 109 Å². The smallest absolute Gasteiger partial charge is 0.335 e. The number of carbonyl (C=O) groups is 4. The van der Waals surface area contributed by atoms with Gasteiger partial charge in [-0.05, 0) is 70.6 Å². The number of unbranched alkanes of at least 4 members (excludes halogenated alkanes) is 28. The van der Waals surface area contributed by atoms with Gasteiger partial charge >= 0.3 is 23.9 Å². The largest absolute Gasteiger partial charge is 0.479 e. The molecule has 0 saturated carbocycles. The molecule has 0 aromatic carbocycles. The highest BCUT2D eigenvalue weighted by atomic mass is 16.7. The lowest BCUT2D eigenvalue weighted by Gasteiger charge is -2.40. The molecule has 1 fully saturated rings. The second kappa shape index (κ2) is 49.6. The Balaban J connectivity index is 2.66. The molecule has 0 amide bonds. The van der Waals surface area contributed by atoms with Gasteiger partial charge in [0.1, 0.15) is 18.8 Å². The molecule has 0 radical (unpaired) electrons. The number of esters is 3. The van der Waals surface area contributed by atoms with Gasteiger partial charge < -0.3 is 39.0 Å². The Morgan fingerprint density at radius 2 is 0.877 bits per heavy atom. The molecule has 0 aliphatic carbocycles. The number of hydrogen-bond acceptors (Lipinski definition) is 11. The minimum absolute atomic E-state index is 0.0475. The number of ether oxygens (including phenoxy) is 5. The van der Waals surface area contributed by atoms with Crippen LogP contribution in [0.5, 0.6) is 0 Å². The molecule has 1 aliphatic heterocycles. The molecular formula is C61H106O12. The van der Waals surface area contributed by atoms with Crippen LogP contribution in [0, 0.1) is 0 Å². The predicted molar refractivity (Wildman–Crippen MR) is 294 cm³/mol. The molecule has 6 unspecified atom stereocenters. The minimum atomic E-state index is -1.91. The first-order chi connectivity index (χ1) is 35.6. The summed E-state index contributed by atoms with van der Waals surface area (Å²) >= 11 is 0. The quantitative estimate of drug-likeness (QED) is 0.0228. The van der Waals surface area contributed by atoms with Gasteiger partial charge in [-0.25, -0.2) is 4.79 Å². The Kier molecular flexibility index (Phi) is 45.9. The highest BCUT2D eigenvalue weighted by Gasteiger charge is 2.50. The van der Waals surface area contributed by atoms with Gasteiger partial charge in [0.05, 0.1) is 6.61 Å². The number of carbonyl (C=O) groups excluding carboxylic acids is 3. The van der Waals surface area contributed by atoms with Crippen molar-refractivity contribution in [3.05, 3.63) is 48.6 Å². The SMILES string of the molecule is CC/C=C\C/C=C\C/C=C\CCCCCC(=O)OC(COC(=O)CCCCCCCCCCCCCCCCCCCCC)COC1OC(C(=O)O)C(O)C(O)C1OC(=O)CCCCCCC/C=C\CCCC. The first-order valence-corrected chi connectivity index (χ1v) is 29.6. The third kappa shape index (κ3) is 39.7. The van der Waals surface area contributed by atoms with Crippen molar-refractivity contribution in [2.45, 2.75) is 302 Å². The average molecular weight is 1030 g/mol. The molecule has 73 heavy (non-hydrogen) atoms. The number of carboxylic acids is 1. The first-order valence-electron chi connectivity index (χ1n) is 29.6. The minimum Gasteiger partial charge on any atom is -0.479 e. The van der Waals surface area contributed by atoms with E-state index in [0.717, 1.165) is 96.3 Å². The molecule has 0 aromatic rings. The van der Waals surface area contributed by atoms with Crippen molar-refractivity contribution < 1.29 is 58.2 Å². The van der Waals surface area contributed by atoms with Gasteiger partial charge in [-0.2, -0.15) is 0 Å². The van der Waals surface area contributed by atoms with Crippen LogP contribution in [0.25, 0.3) is 0 Å². The number of carboxylic acid groups (broad SMARTS) is 1. The van der Waals surface area contributed by atoms with Crippen molar-refractivity contribution in [2.24, 2.45) is 0 Å². The number of hydrogen-bond donors (Lipinski definition) is 3. The monoisotopic (exact) mass is 1030 g/mol. The van der Waals surface area contributed by atoms with E-state index in [9.17, 15) is 34.5 Å².